The number of fused-ring (bicyclic) bond motifs is 1. The fourth-order valence-corrected chi connectivity index (χ4v) is 4.33. The van der Waals surface area contributed by atoms with Crippen LogP contribution in [0.2, 0.25) is 5.02 Å². The molecule has 2 aliphatic rings. The second-order valence-corrected chi connectivity index (χ2v) is 7.53. The number of esters is 1. The Hall–Kier alpha value is -2.08. The average Bonchev–Trinajstić information content (AvgIpc) is 2.87. The Balaban J connectivity index is 2.27. The number of piperazine rings is 1. The molecule has 0 saturated carbocycles. The highest BCUT2D eigenvalue weighted by molar-refractivity contribution is 6.31. The fourth-order valence-electron chi connectivity index (χ4n) is 4.16. The number of hydrogen-bond acceptors (Lipinski definition) is 5. The van der Waals surface area contributed by atoms with Crippen molar-refractivity contribution in [2.45, 2.75) is 19.0 Å². The van der Waals surface area contributed by atoms with Crippen molar-refractivity contribution in [3.05, 3.63) is 64.9 Å². The first-order chi connectivity index (χ1) is 13.5. The maximum atomic E-state index is 12.7. The third-order valence-electron chi connectivity index (χ3n) is 5.59. The average molecular weight is 402 g/mol. The van der Waals surface area contributed by atoms with Crippen LogP contribution in [0.5, 0.6) is 0 Å². The number of rotatable bonds is 4. The van der Waals surface area contributed by atoms with Crippen LogP contribution in [0.3, 0.4) is 0 Å². The zero-order chi connectivity index (χ0) is 20.3. The maximum absolute atomic E-state index is 12.7. The van der Waals surface area contributed by atoms with Gasteiger partial charge in [-0.2, -0.15) is 0 Å². The second kappa shape index (κ2) is 8.95. The van der Waals surface area contributed by atoms with Crippen molar-refractivity contribution in [1.29, 1.82) is 0 Å². The Kier molecular flexibility index (Phi) is 6.60. The van der Waals surface area contributed by atoms with E-state index in [9.17, 15) is 4.79 Å². The summed E-state index contributed by atoms with van der Waals surface area (Å²) in [6.07, 6.45) is 5.85. The first kappa shape index (κ1) is 20.6. The summed E-state index contributed by atoms with van der Waals surface area (Å²) in [5.41, 5.74) is 3.51. The van der Waals surface area contributed by atoms with Crippen molar-refractivity contribution in [3.8, 4) is 0 Å². The van der Waals surface area contributed by atoms with Gasteiger partial charge in [-0.1, -0.05) is 30.3 Å². The lowest BCUT2D eigenvalue weighted by Gasteiger charge is -2.43. The summed E-state index contributed by atoms with van der Waals surface area (Å²) < 4.78 is 5.10. The molecule has 1 N–H and O–H groups in total. The number of ether oxygens (including phenoxy) is 1. The highest BCUT2D eigenvalue weighted by Gasteiger charge is 2.38. The summed E-state index contributed by atoms with van der Waals surface area (Å²) in [6.45, 7) is 9.72. The topological polar surface area (TPSA) is 44.8 Å². The van der Waals surface area contributed by atoms with Crippen molar-refractivity contribution in [2.75, 3.05) is 40.3 Å². The monoisotopic (exact) mass is 401 g/mol. The molecule has 1 aromatic carbocycles. The van der Waals surface area contributed by atoms with Gasteiger partial charge in [-0.05, 0) is 48.0 Å². The Bertz CT molecular complexity index is 812. The minimum absolute atomic E-state index is 0.0164. The van der Waals surface area contributed by atoms with Gasteiger partial charge in [0.2, 0.25) is 0 Å². The van der Waals surface area contributed by atoms with Crippen molar-refractivity contribution >= 4 is 23.1 Å². The van der Waals surface area contributed by atoms with Crippen LogP contribution >= 0.6 is 11.6 Å². The molecule has 1 aliphatic carbocycles. The van der Waals surface area contributed by atoms with Crippen LogP contribution in [0.1, 0.15) is 24.1 Å². The standard InChI is InChI=1S/C22H28ClN3O2/c1-5-15-13-19(22(27)28-4)18-14-16(23)7-8-17(18)21(20(15)25(3)6-2)26-11-9-24-10-12-26/h5-8,13-14,20-21,24H,2,9-12H2,1,3-4H3/b15-5-. The summed E-state index contributed by atoms with van der Waals surface area (Å²) >= 11 is 6.33. The van der Waals surface area contributed by atoms with E-state index in [1.54, 1.807) is 0 Å². The number of nitrogens with zero attached hydrogens (tertiary/aromatic N) is 2. The lowest BCUT2D eigenvalue weighted by molar-refractivity contribution is -0.133. The number of allylic oxidation sites excluding steroid dienone is 1. The first-order valence-corrected chi connectivity index (χ1v) is 9.95. The molecule has 1 heterocycles. The van der Waals surface area contributed by atoms with Gasteiger partial charge in [-0.15, -0.1) is 0 Å². The molecule has 2 unspecified atom stereocenters. The predicted molar refractivity (Wildman–Crippen MR) is 114 cm³/mol. The number of nitrogens with one attached hydrogen (secondary N) is 1. The van der Waals surface area contributed by atoms with Crippen LogP contribution in [-0.2, 0) is 9.53 Å². The summed E-state index contributed by atoms with van der Waals surface area (Å²) in [5, 5.41) is 4.03. The zero-order valence-corrected chi connectivity index (χ0v) is 17.5. The van der Waals surface area contributed by atoms with Crippen molar-refractivity contribution in [3.63, 3.8) is 0 Å². The molecule has 150 valence electrons. The summed E-state index contributed by atoms with van der Waals surface area (Å²) in [6, 6.07) is 5.89. The highest BCUT2D eigenvalue weighted by Crippen LogP contribution is 2.41. The molecule has 1 aliphatic heterocycles. The van der Waals surface area contributed by atoms with Crippen LogP contribution in [-0.4, -0.2) is 62.1 Å². The van der Waals surface area contributed by atoms with Gasteiger partial charge in [0, 0.05) is 38.2 Å². The van der Waals surface area contributed by atoms with Crippen LogP contribution in [0, 0.1) is 0 Å². The fraction of sp³-hybridized carbons (Fsp3) is 0.409. The third-order valence-corrected chi connectivity index (χ3v) is 5.82. The molecule has 0 radical (unpaired) electrons. The van der Waals surface area contributed by atoms with Gasteiger partial charge in [0.25, 0.3) is 0 Å². The van der Waals surface area contributed by atoms with Crippen molar-refractivity contribution in [2.24, 2.45) is 0 Å². The predicted octanol–water partition coefficient (Wildman–Crippen LogP) is 3.25. The van der Waals surface area contributed by atoms with Crippen LogP contribution in [0.4, 0.5) is 0 Å². The summed E-state index contributed by atoms with van der Waals surface area (Å²) in [5.74, 6) is -0.358. The van der Waals surface area contributed by atoms with E-state index in [2.05, 4.69) is 27.8 Å². The Labute approximate surface area is 172 Å². The molecule has 0 bridgehead atoms. The van der Waals surface area contributed by atoms with Crippen LogP contribution in [0.25, 0.3) is 5.57 Å². The van der Waals surface area contributed by atoms with Gasteiger partial charge in [0.15, 0.2) is 0 Å². The minimum atomic E-state index is -0.358. The molecule has 1 aromatic rings. The van der Waals surface area contributed by atoms with Crippen molar-refractivity contribution in [1.82, 2.24) is 15.1 Å². The number of benzene rings is 1. The molecule has 3 rings (SSSR count). The van der Waals surface area contributed by atoms with Gasteiger partial charge in [0.1, 0.15) is 0 Å². The van der Waals surface area contributed by atoms with E-state index in [0.717, 1.165) is 42.9 Å². The number of methoxy groups -OCH3 is 1. The van der Waals surface area contributed by atoms with E-state index in [1.165, 1.54) is 7.11 Å². The molecule has 28 heavy (non-hydrogen) atoms. The van der Waals surface area contributed by atoms with Crippen LogP contribution < -0.4 is 5.32 Å². The van der Waals surface area contributed by atoms with Gasteiger partial charge in [0.05, 0.1) is 24.8 Å². The summed E-state index contributed by atoms with van der Waals surface area (Å²) in [4.78, 5) is 17.3. The number of hydrogen-bond donors (Lipinski definition) is 1. The van der Waals surface area contributed by atoms with E-state index < -0.39 is 0 Å². The van der Waals surface area contributed by atoms with Gasteiger partial charge in [-0.25, -0.2) is 4.79 Å². The van der Waals surface area contributed by atoms with Gasteiger partial charge < -0.3 is 15.0 Å². The van der Waals surface area contributed by atoms with E-state index in [1.807, 2.05) is 44.4 Å². The molecular weight excluding hydrogens is 374 g/mol. The quantitative estimate of drug-likeness (QED) is 0.784. The van der Waals surface area contributed by atoms with Gasteiger partial charge in [-0.3, -0.25) is 4.90 Å². The van der Waals surface area contributed by atoms with E-state index in [4.69, 9.17) is 16.3 Å². The molecule has 2 atom stereocenters. The number of halogens is 1. The zero-order valence-electron chi connectivity index (χ0n) is 16.7. The largest absolute Gasteiger partial charge is 0.465 e. The van der Waals surface area contributed by atoms with Gasteiger partial charge >= 0.3 is 5.97 Å². The molecule has 0 amide bonds. The van der Waals surface area contributed by atoms with E-state index in [0.29, 0.717) is 10.6 Å². The number of likely N-dealkylation sites (N-methyl/N-ethyl adjacent to an activating group) is 1. The Morgan fingerprint density at radius 2 is 2.11 bits per heavy atom. The molecule has 1 saturated heterocycles. The lowest BCUT2D eigenvalue weighted by Crippen LogP contribution is -2.51. The smallest absolute Gasteiger partial charge is 0.338 e. The SMILES string of the molecule is C=CN(C)C1/C(=C\C)C=C(C(=O)OC)c2cc(Cl)ccc2C1N1CCNCC1. The Morgan fingerprint density at radius 3 is 2.71 bits per heavy atom. The minimum Gasteiger partial charge on any atom is -0.465 e. The molecule has 5 nitrogen and oxygen atoms in total. The Morgan fingerprint density at radius 1 is 1.39 bits per heavy atom. The molecule has 0 aromatic heterocycles. The second-order valence-electron chi connectivity index (χ2n) is 7.09. The molecule has 6 heteroatoms. The lowest BCUT2D eigenvalue weighted by atomic mass is 9.90. The number of carbonyl (C=O) groups is 1. The third kappa shape index (κ3) is 3.88. The van der Waals surface area contributed by atoms with Crippen LogP contribution in [0.15, 0.2) is 48.7 Å². The summed E-state index contributed by atoms with van der Waals surface area (Å²) in [7, 11) is 3.44. The van der Waals surface area contributed by atoms with Crippen molar-refractivity contribution < 1.29 is 9.53 Å². The number of carbonyl (C=O) groups excluding carboxylic acids is 1. The highest BCUT2D eigenvalue weighted by atomic mass is 35.5. The maximum Gasteiger partial charge on any atom is 0.338 e. The van der Waals surface area contributed by atoms with E-state index in [-0.39, 0.29) is 18.1 Å². The molecular formula is C22H28ClN3O2. The van der Waals surface area contributed by atoms with E-state index >= 15 is 0 Å². The molecule has 1 fully saturated rings. The first-order valence-electron chi connectivity index (χ1n) is 9.57. The normalized spacial score (nSPS) is 24.1. The molecule has 0 spiro atoms.